The lowest BCUT2D eigenvalue weighted by Gasteiger charge is -2.26. The van der Waals surface area contributed by atoms with Crippen molar-refractivity contribution in [2.24, 2.45) is 0 Å². The van der Waals surface area contributed by atoms with Gasteiger partial charge in [-0.15, -0.1) is 0 Å². The van der Waals surface area contributed by atoms with Gasteiger partial charge in [-0.1, -0.05) is 371 Å². The number of aryl methyl sites for hydroxylation is 13. The van der Waals surface area contributed by atoms with E-state index in [2.05, 4.69) is 397 Å². The average molecular weight is 1280 g/mol. The highest BCUT2D eigenvalue weighted by atomic mass is 28.3. The van der Waals surface area contributed by atoms with Crippen LogP contribution in [0.5, 0.6) is 0 Å². The highest BCUT2D eigenvalue weighted by Crippen LogP contribution is 2.31. The second-order valence-corrected chi connectivity index (χ2v) is 43.2. The second-order valence-electron chi connectivity index (χ2n) is 31.5. The first-order valence-corrected chi connectivity index (χ1v) is 41.9. The first-order chi connectivity index (χ1) is 42.3. The van der Waals surface area contributed by atoms with Crippen LogP contribution in [-0.4, -0.2) is 16.1 Å². The lowest BCUT2D eigenvalue weighted by Crippen LogP contribution is -2.25. The molecule has 8 aromatic carbocycles. The highest BCUT2D eigenvalue weighted by molar-refractivity contribution is 6.78. The van der Waals surface area contributed by atoms with E-state index >= 15 is 0 Å². The summed E-state index contributed by atoms with van der Waals surface area (Å²) in [6.07, 6.45) is 0. The molecule has 0 fully saturated rings. The zero-order valence-corrected chi connectivity index (χ0v) is 68.1. The van der Waals surface area contributed by atoms with Crippen LogP contribution < -0.4 is 0 Å². The molecule has 0 N–H and O–H groups in total. The van der Waals surface area contributed by atoms with Gasteiger partial charge in [0.25, 0.3) is 0 Å². The summed E-state index contributed by atoms with van der Waals surface area (Å²) in [6, 6.07) is 68.6. The molecule has 0 radical (unpaired) electrons. The minimum atomic E-state index is -0.671. The van der Waals surface area contributed by atoms with Crippen molar-refractivity contribution in [3.05, 3.63) is 282 Å². The van der Waals surface area contributed by atoms with Gasteiger partial charge in [0.1, 0.15) is 0 Å². The molecule has 0 unspecified atom stereocenters. The van der Waals surface area contributed by atoms with Crippen molar-refractivity contribution in [1.82, 2.24) is 0 Å². The van der Waals surface area contributed by atoms with E-state index in [0.717, 1.165) is 0 Å². The second kappa shape index (κ2) is 44.0. The van der Waals surface area contributed by atoms with Crippen molar-refractivity contribution < 1.29 is 0 Å². The quantitative estimate of drug-likeness (QED) is 0.151. The standard InChI is InChI=1S/C15H24.2C11H16.C10H14.C9H12.2C8H10.C7H18Si.C7H8.C4H12Si/c1-11-8-9-12(14(2,3)4)10-13(11)15(5,6)7;1-8(2)11-7-9(3)5-6-10(11)4;1-9-7-5-6-8-10(9)11(2,3)4;1-8(2)10-7-5-4-6-9(10)3;1-7-4-5-8(2)9(3)6-7;1-7-3-5-8(2)6-4-7;1-7-5-3-4-6-8(7)2;1-5-8(4,6-2)7-3;1-7-5-3-2-4-6-7;1-5(2,3)4/h8-10H,1-7H3;2*5-8H,1-4H3;4-8H,1-3H3;4-6H,1-3H3;2*3-6H,1-2H3;5-7H2,1-4H3;2-6H,1H3;1-4H3. The Kier molecular flexibility index (Phi) is 42.2. The first kappa shape index (κ1) is 88.3. The molecule has 0 aromatic heterocycles. The van der Waals surface area contributed by atoms with Crippen LogP contribution in [0.4, 0.5) is 0 Å². The topological polar surface area (TPSA) is 0 Å². The fourth-order valence-corrected chi connectivity index (χ4v) is 10.9. The maximum Gasteiger partial charge on any atom is 0.0496 e. The molecular formula is C90H140Si2. The van der Waals surface area contributed by atoms with E-state index in [1.165, 1.54) is 118 Å². The highest BCUT2D eigenvalue weighted by Gasteiger charge is 2.21. The van der Waals surface area contributed by atoms with Crippen LogP contribution in [0.2, 0.25) is 50.9 Å². The number of rotatable bonds is 5. The summed E-state index contributed by atoms with van der Waals surface area (Å²) in [5, 5.41) is 0. The van der Waals surface area contributed by atoms with Gasteiger partial charge in [-0.05, 0) is 190 Å². The van der Waals surface area contributed by atoms with E-state index in [1.807, 2.05) is 18.2 Å². The maximum absolute atomic E-state index is 2.49. The van der Waals surface area contributed by atoms with Crippen molar-refractivity contribution in [1.29, 1.82) is 0 Å². The molecule has 0 atom stereocenters. The molecular weight excluding hydrogens is 1140 g/mol. The van der Waals surface area contributed by atoms with Crippen LogP contribution in [-0.2, 0) is 16.2 Å². The van der Waals surface area contributed by atoms with Gasteiger partial charge in [-0.25, -0.2) is 0 Å². The van der Waals surface area contributed by atoms with Crippen LogP contribution in [0.15, 0.2) is 182 Å². The van der Waals surface area contributed by atoms with Crippen LogP contribution in [0.3, 0.4) is 0 Å². The Hall–Kier alpha value is -5.81. The van der Waals surface area contributed by atoms with Crippen LogP contribution >= 0.6 is 0 Å². The molecule has 0 nitrogen and oxygen atoms in total. The van der Waals surface area contributed by atoms with Crippen LogP contribution in [0.1, 0.15) is 223 Å². The first-order valence-electron chi connectivity index (χ1n) is 34.7. The van der Waals surface area contributed by atoms with E-state index in [0.29, 0.717) is 11.8 Å². The van der Waals surface area contributed by atoms with Gasteiger partial charge < -0.3 is 0 Å². The van der Waals surface area contributed by atoms with E-state index in [-0.39, 0.29) is 16.2 Å². The predicted molar refractivity (Wildman–Crippen MR) is 430 cm³/mol. The van der Waals surface area contributed by atoms with Crippen molar-refractivity contribution in [3.63, 3.8) is 0 Å². The summed E-state index contributed by atoms with van der Waals surface area (Å²) in [7, 11) is -1.28. The van der Waals surface area contributed by atoms with E-state index in [1.54, 1.807) is 0 Å². The van der Waals surface area contributed by atoms with Gasteiger partial charge in [0.05, 0.1) is 0 Å². The van der Waals surface area contributed by atoms with Gasteiger partial charge in [0.15, 0.2) is 0 Å². The SMILES string of the molecule is CC[Si](C)(CC)CC.C[Si](C)(C)C.Cc1ccc(C(C)(C)C)cc1C(C)(C)C.Cc1ccc(C)c(C(C)C)c1.Cc1ccc(C)c(C)c1.Cc1ccc(C)cc1.Cc1ccccc1.Cc1ccccc1C.Cc1ccccc1C(C)(C)C.Cc1ccccc1C(C)C. The molecule has 0 aliphatic rings. The van der Waals surface area contributed by atoms with Crippen LogP contribution in [0.25, 0.3) is 0 Å². The van der Waals surface area contributed by atoms with Crippen molar-refractivity contribution in [3.8, 4) is 0 Å². The molecule has 508 valence electrons. The molecule has 92 heavy (non-hydrogen) atoms. The molecule has 0 spiro atoms. The summed E-state index contributed by atoms with van der Waals surface area (Å²) in [5.41, 5.74) is 25.8. The zero-order valence-electron chi connectivity index (χ0n) is 66.1. The van der Waals surface area contributed by atoms with Gasteiger partial charge in [0.2, 0.25) is 0 Å². The predicted octanol–water partition coefficient (Wildman–Crippen LogP) is 28.7. The molecule has 0 saturated carbocycles. The van der Waals surface area contributed by atoms with Crippen LogP contribution in [0, 0.1) is 90.0 Å². The summed E-state index contributed by atoms with van der Waals surface area (Å²) >= 11 is 0. The summed E-state index contributed by atoms with van der Waals surface area (Å²) in [4.78, 5) is 0. The fourth-order valence-electron chi connectivity index (χ4n) is 9.40. The van der Waals surface area contributed by atoms with E-state index in [9.17, 15) is 0 Å². The van der Waals surface area contributed by atoms with Gasteiger partial charge in [0, 0.05) is 16.1 Å². The lowest BCUT2D eigenvalue weighted by molar-refractivity contribution is 0.566. The Balaban J connectivity index is 0. The largest absolute Gasteiger partial charge is 0.0697 e. The van der Waals surface area contributed by atoms with Gasteiger partial charge >= 0.3 is 0 Å². The zero-order chi connectivity index (χ0) is 71.4. The van der Waals surface area contributed by atoms with Crippen molar-refractivity contribution in [2.75, 3.05) is 0 Å². The molecule has 0 aliphatic heterocycles. The van der Waals surface area contributed by atoms with Gasteiger partial charge in [-0.3, -0.25) is 0 Å². The lowest BCUT2D eigenvalue weighted by atomic mass is 9.79. The Labute approximate surface area is 574 Å². The Morgan fingerprint density at radius 1 is 0.272 bits per heavy atom. The molecule has 0 bridgehead atoms. The van der Waals surface area contributed by atoms with Crippen molar-refractivity contribution in [2.45, 2.75) is 280 Å². The molecule has 0 saturated heterocycles. The minimum Gasteiger partial charge on any atom is -0.0697 e. The normalized spacial score (nSPS) is 10.8. The van der Waals surface area contributed by atoms with E-state index < -0.39 is 16.1 Å². The monoisotopic (exact) mass is 1280 g/mol. The number of hydrogen-bond acceptors (Lipinski definition) is 0. The third-order valence-corrected chi connectivity index (χ3v) is 21.7. The number of hydrogen-bond donors (Lipinski definition) is 0. The maximum atomic E-state index is 2.49. The molecule has 0 amide bonds. The van der Waals surface area contributed by atoms with E-state index in [4.69, 9.17) is 0 Å². The molecule has 8 aromatic rings. The molecule has 0 heterocycles. The molecule has 0 aliphatic carbocycles. The summed E-state index contributed by atoms with van der Waals surface area (Å²) in [5.74, 6) is 1.30. The smallest absolute Gasteiger partial charge is 0.0496 e. The Morgan fingerprint density at radius 3 is 0.859 bits per heavy atom. The number of benzene rings is 8. The van der Waals surface area contributed by atoms with Gasteiger partial charge in [-0.2, -0.15) is 0 Å². The molecule has 8 rings (SSSR count). The minimum absolute atomic E-state index is 0.241. The summed E-state index contributed by atoms with van der Waals surface area (Å²) < 4.78 is 0. The molecule has 2 heteroatoms. The third kappa shape index (κ3) is 41.0. The average Bonchev–Trinajstić information content (AvgIpc) is 0.853. The van der Waals surface area contributed by atoms with Crippen molar-refractivity contribution >= 4 is 16.1 Å². The Bertz CT molecular complexity index is 3150. The summed E-state index contributed by atoms with van der Waals surface area (Å²) in [6.45, 7) is 75.9. The Morgan fingerprint density at radius 2 is 0.576 bits per heavy atom. The fraction of sp³-hybridized carbons (Fsp3) is 0.467. The third-order valence-electron chi connectivity index (χ3n) is 16.5.